The molecule has 1 aromatic carbocycles. The molecule has 0 fully saturated rings. The van der Waals surface area contributed by atoms with Crippen LogP contribution in [0.4, 0.5) is 0 Å². The molecule has 0 unspecified atom stereocenters. The number of thiazole rings is 1. The summed E-state index contributed by atoms with van der Waals surface area (Å²) in [6.45, 7) is 2.46. The number of hydrogen-bond donors (Lipinski definition) is 1. The zero-order chi connectivity index (χ0) is 15.9. The number of methoxy groups -OCH3 is 1. The van der Waals surface area contributed by atoms with Gasteiger partial charge in [0.2, 0.25) is 0 Å². The van der Waals surface area contributed by atoms with Crippen LogP contribution in [0.2, 0.25) is 0 Å². The number of carboxylic acid groups (broad SMARTS) is 1. The van der Waals surface area contributed by atoms with E-state index in [2.05, 4.69) is 4.98 Å². The average Bonchev–Trinajstić information content (AvgIpc) is 2.91. The van der Waals surface area contributed by atoms with Crippen LogP contribution >= 0.6 is 11.3 Å². The number of aromatic carboxylic acids is 1. The molecule has 0 saturated carbocycles. The van der Waals surface area contributed by atoms with Gasteiger partial charge in [-0.1, -0.05) is 19.4 Å². The van der Waals surface area contributed by atoms with Crippen LogP contribution in [0.15, 0.2) is 24.3 Å². The molecule has 1 heterocycles. The van der Waals surface area contributed by atoms with Crippen molar-refractivity contribution in [3.05, 3.63) is 39.8 Å². The fourth-order valence-electron chi connectivity index (χ4n) is 2.03. The first-order valence-corrected chi connectivity index (χ1v) is 7.94. The van der Waals surface area contributed by atoms with Crippen LogP contribution < -0.4 is 9.47 Å². The lowest BCUT2D eigenvalue weighted by molar-refractivity contribution is 0.0700. The number of carbonyl (C=O) groups is 1. The van der Waals surface area contributed by atoms with E-state index in [4.69, 9.17) is 9.47 Å². The predicted octanol–water partition coefficient (Wildman–Crippen LogP) is 3.42. The Kier molecular flexibility index (Phi) is 5.77. The molecular formula is C16H19NO4S. The van der Waals surface area contributed by atoms with Gasteiger partial charge in [-0.2, -0.15) is 0 Å². The van der Waals surface area contributed by atoms with Crippen molar-refractivity contribution in [2.75, 3.05) is 13.7 Å². The summed E-state index contributed by atoms with van der Waals surface area (Å²) in [6.07, 6.45) is 2.16. The van der Waals surface area contributed by atoms with E-state index in [0.717, 1.165) is 22.9 Å². The molecule has 0 atom stereocenters. The van der Waals surface area contributed by atoms with Crippen LogP contribution in [-0.2, 0) is 12.8 Å². The summed E-state index contributed by atoms with van der Waals surface area (Å²) in [5, 5.41) is 9.99. The van der Waals surface area contributed by atoms with Crippen molar-refractivity contribution in [2.45, 2.75) is 26.2 Å². The third-order valence-electron chi connectivity index (χ3n) is 3.05. The summed E-state index contributed by atoms with van der Waals surface area (Å²) >= 11 is 1.24. The quantitative estimate of drug-likeness (QED) is 0.807. The van der Waals surface area contributed by atoms with E-state index in [1.807, 2.05) is 31.2 Å². The van der Waals surface area contributed by atoms with Crippen LogP contribution in [0.1, 0.15) is 33.7 Å². The van der Waals surface area contributed by atoms with Gasteiger partial charge in [-0.3, -0.25) is 0 Å². The molecule has 0 bridgehead atoms. The number of carboxylic acids is 1. The minimum absolute atomic E-state index is 0.346. The topological polar surface area (TPSA) is 68.7 Å². The Morgan fingerprint density at radius 2 is 2.09 bits per heavy atom. The van der Waals surface area contributed by atoms with E-state index < -0.39 is 5.97 Å². The van der Waals surface area contributed by atoms with Crippen LogP contribution in [-0.4, -0.2) is 29.8 Å². The van der Waals surface area contributed by atoms with Crippen molar-refractivity contribution in [1.29, 1.82) is 0 Å². The summed E-state index contributed by atoms with van der Waals surface area (Å²) in [5.41, 5.74) is 0.677. The molecular weight excluding hydrogens is 302 g/mol. The van der Waals surface area contributed by atoms with Crippen molar-refractivity contribution < 1.29 is 19.4 Å². The first kappa shape index (κ1) is 16.3. The number of benzene rings is 1. The standard InChI is InChI=1S/C16H19NO4S/c1-3-5-13-15(16(18)19)22-14(17-13)8-9-21-12-7-4-6-11(10-12)20-2/h4,6-7,10H,3,5,8-9H2,1-2H3,(H,18,19). The Hall–Kier alpha value is -2.08. The van der Waals surface area contributed by atoms with E-state index in [1.54, 1.807) is 7.11 Å². The third kappa shape index (κ3) is 4.21. The van der Waals surface area contributed by atoms with Gasteiger partial charge in [-0.05, 0) is 18.6 Å². The lowest BCUT2D eigenvalue weighted by Crippen LogP contribution is -2.01. The van der Waals surface area contributed by atoms with Crippen molar-refractivity contribution >= 4 is 17.3 Å². The van der Waals surface area contributed by atoms with Gasteiger partial charge in [0.25, 0.3) is 0 Å². The average molecular weight is 321 g/mol. The Morgan fingerprint density at radius 1 is 1.32 bits per heavy atom. The van der Waals surface area contributed by atoms with Crippen molar-refractivity contribution in [3.8, 4) is 11.5 Å². The Morgan fingerprint density at radius 3 is 2.77 bits per heavy atom. The highest BCUT2D eigenvalue weighted by Gasteiger charge is 2.16. The molecule has 2 aromatic rings. The van der Waals surface area contributed by atoms with E-state index in [9.17, 15) is 9.90 Å². The lowest BCUT2D eigenvalue weighted by Gasteiger charge is -2.06. The summed E-state index contributed by atoms with van der Waals surface area (Å²) in [4.78, 5) is 16.0. The summed E-state index contributed by atoms with van der Waals surface area (Å²) in [5.74, 6) is 0.564. The maximum absolute atomic E-state index is 11.2. The van der Waals surface area contributed by atoms with Crippen LogP contribution in [0.25, 0.3) is 0 Å². The molecule has 6 heteroatoms. The fourth-order valence-corrected chi connectivity index (χ4v) is 2.96. The molecule has 5 nitrogen and oxygen atoms in total. The summed E-state index contributed by atoms with van der Waals surface area (Å²) in [6, 6.07) is 7.38. The van der Waals surface area contributed by atoms with Gasteiger partial charge in [0, 0.05) is 12.5 Å². The molecule has 22 heavy (non-hydrogen) atoms. The molecule has 118 valence electrons. The van der Waals surface area contributed by atoms with E-state index in [1.165, 1.54) is 11.3 Å². The number of nitrogens with zero attached hydrogens (tertiary/aromatic N) is 1. The van der Waals surface area contributed by atoms with E-state index >= 15 is 0 Å². The van der Waals surface area contributed by atoms with Gasteiger partial charge in [0.05, 0.1) is 24.4 Å². The van der Waals surface area contributed by atoms with Crippen molar-refractivity contribution in [3.63, 3.8) is 0 Å². The van der Waals surface area contributed by atoms with Gasteiger partial charge < -0.3 is 14.6 Å². The molecule has 0 saturated heterocycles. The highest BCUT2D eigenvalue weighted by molar-refractivity contribution is 7.13. The number of rotatable bonds is 8. The first-order valence-electron chi connectivity index (χ1n) is 7.12. The third-order valence-corrected chi connectivity index (χ3v) is 4.19. The molecule has 0 aliphatic carbocycles. The Bertz CT molecular complexity index is 639. The maximum atomic E-state index is 11.2. The first-order chi connectivity index (χ1) is 10.6. The van der Waals surface area contributed by atoms with Gasteiger partial charge in [0.1, 0.15) is 16.4 Å². The minimum Gasteiger partial charge on any atom is -0.497 e. The second-order valence-corrected chi connectivity index (χ2v) is 5.80. The molecule has 0 amide bonds. The zero-order valence-electron chi connectivity index (χ0n) is 12.7. The molecule has 1 N–H and O–H groups in total. The van der Waals surface area contributed by atoms with Gasteiger partial charge in [0.15, 0.2) is 0 Å². The lowest BCUT2D eigenvalue weighted by atomic mass is 10.2. The largest absolute Gasteiger partial charge is 0.497 e. The molecule has 0 aliphatic heterocycles. The molecule has 0 aliphatic rings. The Balaban J connectivity index is 1.96. The van der Waals surface area contributed by atoms with E-state index in [0.29, 0.717) is 30.0 Å². The smallest absolute Gasteiger partial charge is 0.347 e. The zero-order valence-corrected chi connectivity index (χ0v) is 13.5. The highest BCUT2D eigenvalue weighted by Crippen LogP contribution is 2.22. The maximum Gasteiger partial charge on any atom is 0.347 e. The summed E-state index contributed by atoms with van der Waals surface area (Å²) < 4.78 is 10.8. The SMILES string of the molecule is CCCc1nc(CCOc2cccc(OC)c2)sc1C(=O)O. The minimum atomic E-state index is -0.902. The van der Waals surface area contributed by atoms with Crippen LogP contribution in [0, 0.1) is 0 Å². The van der Waals surface area contributed by atoms with E-state index in [-0.39, 0.29) is 0 Å². The fraction of sp³-hybridized carbons (Fsp3) is 0.375. The second kappa shape index (κ2) is 7.79. The van der Waals surface area contributed by atoms with Crippen LogP contribution in [0.3, 0.4) is 0 Å². The van der Waals surface area contributed by atoms with Gasteiger partial charge in [-0.15, -0.1) is 11.3 Å². The monoisotopic (exact) mass is 321 g/mol. The Labute approximate surface area is 133 Å². The molecule has 0 spiro atoms. The van der Waals surface area contributed by atoms with Gasteiger partial charge >= 0.3 is 5.97 Å². The molecule has 1 aromatic heterocycles. The number of aromatic nitrogens is 1. The summed E-state index contributed by atoms with van der Waals surface area (Å²) in [7, 11) is 1.61. The highest BCUT2D eigenvalue weighted by atomic mass is 32.1. The van der Waals surface area contributed by atoms with Crippen molar-refractivity contribution in [2.24, 2.45) is 0 Å². The van der Waals surface area contributed by atoms with Gasteiger partial charge in [-0.25, -0.2) is 9.78 Å². The number of ether oxygens (including phenoxy) is 2. The molecule has 0 radical (unpaired) electrons. The van der Waals surface area contributed by atoms with Crippen molar-refractivity contribution in [1.82, 2.24) is 4.98 Å². The normalized spacial score (nSPS) is 10.5. The number of aryl methyl sites for hydroxylation is 1. The second-order valence-electron chi connectivity index (χ2n) is 4.72. The molecule has 2 rings (SSSR count). The number of hydrogen-bond acceptors (Lipinski definition) is 5. The predicted molar refractivity (Wildman–Crippen MR) is 85.3 cm³/mol. The van der Waals surface area contributed by atoms with Crippen LogP contribution in [0.5, 0.6) is 11.5 Å².